The van der Waals surface area contributed by atoms with E-state index in [1.807, 2.05) is 35.2 Å². The van der Waals surface area contributed by atoms with Crippen molar-refractivity contribution in [3.05, 3.63) is 35.9 Å². The van der Waals surface area contributed by atoms with Gasteiger partial charge in [0, 0.05) is 32.7 Å². The lowest BCUT2D eigenvalue weighted by molar-refractivity contribution is -0.134. The van der Waals surface area contributed by atoms with E-state index in [4.69, 9.17) is 9.26 Å². The lowest BCUT2D eigenvalue weighted by Crippen LogP contribution is -2.54. The third kappa shape index (κ3) is 4.01. The molecule has 28 heavy (non-hydrogen) atoms. The van der Waals surface area contributed by atoms with Crippen LogP contribution in [0.25, 0.3) is 11.3 Å². The molecule has 1 aliphatic rings. The molecule has 0 saturated carbocycles. The van der Waals surface area contributed by atoms with E-state index in [-0.39, 0.29) is 5.91 Å². The van der Waals surface area contributed by atoms with Gasteiger partial charge in [-0.2, -0.15) is 0 Å². The lowest BCUT2D eigenvalue weighted by atomic mass is 10.0. The van der Waals surface area contributed by atoms with Crippen molar-refractivity contribution in [3.63, 3.8) is 0 Å². The largest absolute Gasteiger partial charge is 0.378 e. The van der Waals surface area contributed by atoms with Gasteiger partial charge >= 0.3 is 0 Å². The SMILES string of the molecule is CN(C)C(=O)C(C)(C)NC(=O)c1c(N2CCOCC2)noc1-c1ccccc1. The van der Waals surface area contributed by atoms with E-state index in [2.05, 4.69) is 10.5 Å². The summed E-state index contributed by atoms with van der Waals surface area (Å²) in [5.41, 5.74) is -0.00204. The zero-order valence-electron chi connectivity index (χ0n) is 16.7. The molecule has 3 rings (SSSR count). The molecule has 1 N–H and O–H groups in total. The van der Waals surface area contributed by atoms with Gasteiger partial charge in [-0.15, -0.1) is 0 Å². The molecule has 150 valence electrons. The minimum atomic E-state index is -1.08. The summed E-state index contributed by atoms with van der Waals surface area (Å²) >= 11 is 0. The molecule has 0 unspecified atom stereocenters. The van der Waals surface area contributed by atoms with Gasteiger partial charge in [0.15, 0.2) is 11.6 Å². The first-order chi connectivity index (χ1) is 13.3. The van der Waals surface area contributed by atoms with Crippen molar-refractivity contribution >= 4 is 17.6 Å². The van der Waals surface area contributed by atoms with Gasteiger partial charge in [0.1, 0.15) is 11.1 Å². The van der Waals surface area contributed by atoms with Gasteiger partial charge < -0.3 is 24.4 Å². The van der Waals surface area contributed by atoms with Crippen LogP contribution in [0.2, 0.25) is 0 Å². The zero-order chi connectivity index (χ0) is 20.3. The Labute approximate surface area is 164 Å². The highest BCUT2D eigenvalue weighted by Gasteiger charge is 2.35. The molecule has 1 aromatic heterocycles. The average Bonchev–Trinajstić information content (AvgIpc) is 3.13. The van der Waals surface area contributed by atoms with Crippen LogP contribution in [0.3, 0.4) is 0 Å². The number of benzene rings is 1. The van der Waals surface area contributed by atoms with Gasteiger partial charge in [-0.05, 0) is 13.8 Å². The predicted octanol–water partition coefficient (Wildman–Crippen LogP) is 1.77. The summed E-state index contributed by atoms with van der Waals surface area (Å²) in [6.07, 6.45) is 0. The second-order valence-electron chi connectivity index (χ2n) is 7.45. The number of anilines is 1. The quantitative estimate of drug-likeness (QED) is 0.843. The Morgan fingerprint density at radius 3 is 2.39 bits per heavy atom. The molecule has 1 aromatic carbocycles. The third-order valence-electron chi connectivity index (χ3n) is 4.61. The molecule has 0 spiro atoms. The Hall–Kier alpha value is -2.87. The zero-order valence-corrected chi connectivity index (χ0v) is 16.7. The van der Waals surface area contributed by atoms with Gasteiger partial charge in [-0.3, -0.25) is 9.59 Å². The molecule has 2 heterocycles. The summed E-state index contributed by atoms with van der Waals surface area (Å²) in [5, 5.41) is 7.03. The minimum Gasteiger partial charge on any atom is -0.378 e. The van der Waals surface area contributed by atoms with E-state index in [0.29, 0.717) is 43.4 Å². The highest BCUT2D eigenvalue weighted by atomic mass is 16.5. The molecular formula is C20H26N4O4. The lowest BCUT2D eigenvalue weighted by Gasteiger charge is -2.29. The first-order valence-corrected chi connectivity index (χ1v) is 9.23. The maximum atomic E-state index is 13.3. The standard InChI is InChI=1S/C20H26N4O4/c1-20(2,19(26)23(3)4)21-18(25)15-16(14-8-6-5-7-9-14)28-22-17(15)24-10-12-27-13-11-24/h5-9H,10-13H2,1-4H3,(H,21,25). The Bertz CT molecular complexity index is 839. The summed E-state index contributed by atoms with van der Waals surface area (Å²) in [5.74, 6) is 0.244. The van der Waals surface area contributed by atoms with Crippen LogP contribution in [-0.4, -0.2) is 67.8 Å². The summed E-state index contributed by atoms with van der Waals surface area (Å²) < 4.78 is 11.0. The first kappa shape index (κ1) is 19.9. The molecule has 1 saturated heterocycles. The van der Waals surface area contributed by atoms with Crippen LogP contribution < -0.4 is 10.2 Å². The Morgan fingerprint density at radius 2 is 1.79 bits per heavy atom. The number of nitrogens with one attached hydrogen (secondary N) is 1. The molecule has 1 fully saturated rings. The van der Waals surface area contributed by atoms with Crippen molar-refractivity contribution in [3.8, 4) is 11.3 Å². The number of morpholine rings is 1. The van der Waals surface area contributed by atoms with Crippen LogP contribution in [0.4, 0.5) is 5.82 Å². The highest BCUT2D eigenvalue weighted by Crippen LogP contribution is 2.32. The van der Waals surface area contributed by atoms with Gasteiger partial charge in [0.25, 0.3) is 5.91 Å². The Balaban J connectivity index is 2.00. The molecule has 0 bridgehead atoms. The third-order valence-corrected chi connectivity index (χ3v) is 4.61. The van der Waals surface area contributed by atoms with E-state index >= 15 is 0 Å². The van der Waals surface area contributed by atoms with Gasteiger partial charge in [0.2, 0.25) is 5.91 Å². The Morgan fingerprint density at radius 1 is 1.14 bits per heavy atom. The van der Waals surface area contributed by atoms with Crippen LogP contribution >= 0.6 is 0 Å². The topological polar surface area (TPSA) is 87.9 Å². The maximum absolute atomic E-state index is 13.3. The first-order valence-electron chi connectivity index (χ1n) is 9.23. The predicted molar refractivity (Wildman–Crippen MR) is 105 cm³/mol. The number of ether oxygens (including phenoxy) is 1. The molecule has 2 aromatic rings. The maximum Gasteiger partial charge on any atom is 0.259 e. The van der Waals surface area contributed by atoms with Crippen molar-refractivity contribution in [2.24, 2.45) is 0 Å². The van der Waals surface area contributed by atoms with E-state index in [1.54, 1.807) is 27.9 Å². The average molecular weight is 386 g/mol. The minimum absolute atomic E-state index is 0.202. The molecule has 0 radical (unpaired) electrons. The summed E-state index contributed by atoms with van der Waals surface area (Å²) in [7, 11) is 3.31. The fourth-order valence-corrected chi connectivity index (χ4v) is 3.22. The molecule has 8 heteroatoms. The summed E-state index contributed by atoms with van der Waals surface area (Å²) in [6, 6.07) is 9.34. The van der Waals surface area contributed by atoms with Crippen LogP contribution in [0.15, 0.2) is 34.9 Å². The molecule has 8 nitrogen and oxygen atoms in total. The number of rotatable bonds is 5. The van der Waals surface area contributed by atoms with Crippen LogP contribution in [0, 0.1) is 0 Å². The van der Waals surface area contributed by atoms with Gasteiger partial charge in [-0.25, -0.2) is 0 Å². The summed E-state index contributed by atoms with van der Waals surface area (Å²) in [4.78, 5) is 29.1. The van der Waals surface area contributed by atoms with E-state index in [1.165, 1.54) is 4.90 Å². The number of hydrogen-bond acceptors (Lipinski definition) is 6. The van der Waals surface area contributed by atoms with E-state index < -0.39 is 11.4 Å². The normalized spacial score (nSPS) is 14.6. The number of likely N-dealkylation sites (N-methyl/N-ethyl adjacent to an activating group) is 1. The number of amides is 2. The summed E-state index contributed by atoms with van der Waals surface area (Å²) in [6.45, 7) is 5.69. The van der Waals surface area contributed by atoms with Crippen molar-refractivity contribution < 1.29 is 18.8 Å². The van der Waals surface area contributed by atoms with Gasteiger partial charge in [-0.1, -0.05) is 35.5 Å². The molecule has 0 atom stereocenters. The van der Waals surface area contributed by atoms with Crippen molar-refractivity contribution in [1.82, 2.24) is 15.4 Å². The Kier molecular flexibility index (Phi) is 5.69. The smallest absolute Gasteiger partial charge is 0.259 e. The van der Waals surface area contributed by atoms with E-state index in [0.717, 1.165) is 5.56 Å². The monoisotopic (exact) mass is 386 g/mol. The van der Waals surface area contributed by atoms with Crippen LogP contribution in [0.1, 0.15) is 24.2 Å². The molecule has 0 aliphatic carbocycles. The number of carbonyl (C=O) groups excluding carboxylic acids is 2. The fourth-order valence-electron chi connectivity index (χ4n) is 3.22. The number of nitrogens with zero attached hydrogens (tertiary/aromatic N) is 3. The van der Waals surface area contributed by atoms with E-state index in [9.17, 15) is 9.59 Å². The van der Waals surface area contributed by atoms with Crippen LogP contribution in [0.5, 0.6) is 0 Å². The van der Waals surface area contributed by atoms with Gasteiger partial charge in [0.05, 0.1) is 13.2 Å². The van der Waals surface area contributed by atoms with Crippen molar-refractivity contribution in [1.29, 1.82) is 0 Å². The second kappa shape index (κ2) is 8.02. The molecule has 1 aliphatic heterocycles. The molecule has 2 amide bonds. The fraction of sp³-hybridized carbons (Fsp3) is 0.450. The number of carbonyl (C=O) groups is 2. The molecular weight excluding hydrogens is 360 g/mol. The number of aromatic nitrogens is 1. The highest BCUT2D eigenvalue weighted by molar-refractivity contribution is 6.06. The number of hydrogen-bond donors (Lipinski definition) is 1. The van der Waals surface area contributed by atoms with Crippen molar-refractivity contribution in [2.75, 3.05) is 45.3 Å². The second-order valence-corrected chi connectivity index (χ2v) is 7.45. The van der Waals surface area contributed by atoms with Crippen LogP contribution in [-0.2, 0) is 9.53 Å². The van der Waals surface area contributed by atoms with Crippen molar-refractivity contribution in [2.45, 2.75) is 19.4 Å².